The lowest BCUT2D eigenvalue weighted by Gasteiger charge is -2.26. The standard InChI is InChI=1S/C15H20BrNO2/c1-11-8-13(16)9-12(2)15(11)19-10-14(18)17-6-4-3-5-7-17/h8-9H,3-7,10H2,1-2H3. The van der Waals surface area contributed by atoms with Gasteiger partial charge in [-0.1, -0.05) is 15.9 Å². The number of carbonyl (C=O) groups excluding carboxylic acids is 1. The lowest BCUT2D eigenvalue weighted by molar-refractivity contribution is -0.134. The molecule has 19 heavy (non-hydrogen) atoms. The van der Waals surface area contributed by atoms with Crippen LogP contribution in [0.3, 0.4) is 0 Å². The average Bonchev–Trinajstić information content (AvgIpc) is 2.38. The summed E-state index contributed by atoms with van der Waals surface area (Å²) in [5, 5.41) is 0. The number of carbonyl (C=O) groups is 1. The number of hydrogen-bond donors (Lipinski definition) is 0. The van der Waals surface area contributed by atoms with Crippen molar-refractivity contribution in [3.05, 3.63) is 27.7 Å². The van der Waals surface area contributed by atoms with Gasteiger partial charge < -0.3 is 9.64 Å². The molecule has 3 nitrogen and oxygen atoms in total. The Morgan fingerprint density at radius 3 is 2.37 bits per heavy atom. The minimum absolute atomic E-state index is 0.0985. The van der Waals surface area contributed by atoms with Crippen LogP contribution in [0.4, 0.5) is 0 Å². The first-order valence-electron chi connectivity index (χ1n) is 6.75. The van der Waals surface area contributed by atoms with Crippen LogP contribution < -0.4 is 4.74 Å². The van der Waals surface area contributed by atoms with Crippen LogP contribution in [-0.2, 0) is 4.79 Å². The van der Waals surface area contributed by atoms with Gasteiger partial charge in [-0.15, -0.1) is 0 Å². The minimum atomic E-state index is 0.0985. The molecule has 1 heterocycles. The maximum absolute atomic E-state index is 12.1. The summed E-state index contributed by atoms with van der Waals surface area (Å²) in [4.78, 5) is 14.0. The number of benzene rings is 1. The van der Waals surface area contributed by atoms with Gasteiger partial charge in [0.1, 0.15) is 5.75 Å². The van der Waals surface area contributed by atoms with Crippen molar-refractivity contribution in [2.45, 2.75) is 33.1 Å². The highest BCUT2D eigenvalue weighted by atomic mass is 79.9. The molecule has 1 amide bonds. The van der Waals surface area contributed by atoms with Gasteiger partial charge in [-0.25, -0.2) is 0 Å². The molecule has 0 N–H and O–H groups in total. The normalized spacial score (nSPS) is 15.4. The van der Waals surface area contributed by atoms with E-state index in [2.05, 4.69) is 15.9 Å². The van der Waals surface area contributed by atoms with Gasteiger partial charge in [-0.3, -0.25) is 4.79 Å². The first-order chi connectivity index (χ1) is 9.08. The van der Waals surface area contributed by atoms with Crippen molar-refractivity contribution in [2.24, 2.45) is 0 Å². The molecule has 0 saturated carbocycles. The van der Waals surface area contributed by atoms with Gasteiger partial charge in [0.25, 0.3) is 5.91 Å². The molecule has 1 saturated heterocycles. The summed E-state index contributed by atoms with van der Waals surface area (Å²) in [6.45, 7) is 5.89. The molecule has 0 atom stereocenters. The van der Waals surface area contributed by atoms with Crippen molar-refractivity contribution in [1.29, 1.82) is 0 Å². The van der Waals surface area contributed by atoms with Crippen LogP contribution in [0.1, 0.15) is 30.4 Å². The Morgan fingerprint density at radius 2 is 1.79 bits per heavy atom. The van der Waals surface area contributed by atoms with Crippen molar-refractivity contribution >= 4 is 21.8 Å². The van der Waals surface area contributed by atoms with Crippen molar-refractivity contribution in [3.8, 4) is 5.75 Å². The van der Waals surface area contributed by atoms with Gasteiger partial charge in [0.05, 0.1) is 0 Å². The van der Waals surface area contributed by atoms with Crippen molar-refractivity contribution in [2.75, 3.05) is 19.7 Å². The van der Waals surface area contributed by atoms with Gasteiger partial charge in [0.2, 0.25) is 0 Å². The summed E-state index contributed by atoms with van der Waals surface area (Å²) in [6, 6.07) is 4.02. The highest BCUT2D eigenvalue weighted by molar-refractivity contribution is 9.10. The fraction of sp³-hybridized carbons (Fsp3) is 0.533. The number of amides is 1. The average molecular weight is 326 g/mol. The quantitative estimate of drug-likeness (QED) is 0.851. The van der Waals surface area contributed by atoms with Crippen LogP contribution in [0.25, 0.3) is 0 Å². The van der Waals surface area contributed by atoms with Gasteiger partial charge in [0, 0.05) is 17.6 Å². The molecule has 1 aromatic rings. The lowest BCUT2D eigenvalue weighted by Crippen LogP contribution is -2.38. The number of rotatable bonds is 3. The van der Waals surface area contributed by atoms with E-state index in [1.807, 2.05) is 30.9 Å². The number of piperidine rings is 1. The summed E-state index contributed by atoms with van der Waals surface area (Å²) in [6.07, 6.45) is 3.46. The lowest BCUT2D eigenvalue weighted by atomic mass is 10.1. The molecule has 0 bridgehead atoms. The van der Waals surface area contributed by atoms with Crippen molar-refractivity contribution in [3.63, 3.8) is 0 Å². The van der Waals surface area contributed by atoms with E-state index < -0.39 is 0 Å². The Morgan fingerprint density at radius 1 is 1.21 bits per heavy atom. The number of likely N-dealkylation sites (tertiary alicyclic amines) is 1. The van der Waals surface area contributed by atoms with Gasteiger partial charge in [-0.2, -0.15) is 0 Å². The summed E-state index contributed by atoms with van der Waals surface area (Å²) >= 11 is 3.46. The first-order valence-corrected chi connectivity index (χ1v) is 7.54. The molecule has 0 spiro atoms. The molecule has 0 aliphatic carbocycles. The fourth-order valence-corrected chi connectivity index (χ4v) is 3.18. The SMILES string of the molecule is Cc1cc(Br)cc(C)c1OCC(=O)N1CCCCC1. The summed E-state index contributed by atoms with van der Waals surface area (Å²) < 4.78 is 6.76. The van der Waals surface area contributed by atoms with Crippen molar-refractivity contribution in [1.82, 2.24) is 4.90 Å². The second-order valence-electron chi connectivity index (χ2n) is 5.10. The highest BCUT2D eigenvalue weighted by Gasteiger charge is 2.17. The maximum Gasteiger partial charge on any atom is 0.260 e. The van der Waals surface area contributed by atoms with Crippen LogP contribution in [0.15, 0.2) is 16.6 Å². The zero-order chi connectivity index (χ0) is 13.8. The molecule has 4 heteroatoms. The summed E-state index contributed by atoms with van der Waals surface area (Å²) in [7, 11) is 0. The predicted octanol–water partition coefficient (Wildman–Crippen LogP) is 3.46. The minimum Gasteiger partial charge on any atom is -0.483 e. The van der Waals surface area contributed by atoms with E-state index in [4.69, 9.17) is 4.74 Å². The van der Waals surface area contributed by atoms with E-state index in [0.717, 1.165) is 47.3 Å². The molecule has 1 aromatic carbocycles. The monoisotopic (exact) mass is 325 g/mol. The second kappa shape index (κ2) is 6.42. The molecule has 104 valence electrons. The first kappa shape index (κ1) is 14.4. The number of nitrogens with zero attached hydrogens (tertiary/aromatic N) is 1. The zero-order valence-electron chi connectivity index (χ0n) is 11.5. The van der Waals surface area contributed by atoms with E-state index in [1.54, 1.807) is 0 Å². The molecule has 1 aliphatic heterocycles. The van der Waals surface area contributed by atoms with E-state index in [-0.39, 0.29) is 12.5 Å². The van der Waals surface area contributed by atoms with Gasteiger partial charge in [-0.05, 0) is 56.4 Å². The van der Waals surface area contributed by atoms with Crippen molar-refractivity contribution < 1.29 is 9.53 Å². The van der Waals surface area contributed by atoms with E-state index in [9.17, 15) is 4.79 Å². The third-order valence-corrected chi connectivity index (χ3v) is 3.93. The molecule has 2 rings (SSSR count). The number of hydrogen-bond acceptors (Lipinski definition) is 2. The molecular weight excluding hydrogens is 306 g/mol. The summed E-state index contributed by atoms with van der Waals surface area (Å²) in [5.74, 6) is 0.926. The van der Waals surface area contributed by atoms with E-state index in [1.165, 1.54) is 6.42 Å². The molecule has 1 fully saturated rings. The van der Waals surface area contributed by atoms with Gasteiger partial charge >= 0.3 is 0 Å². The zero-order valence-corrected chi connectivity index (χ0v) is 13.1. The van der Waals surface area contributed by atoms with E-state index in [0.29, 0.717) is 0 Å². The Kier molecular flexibility index (Phi) is 4.86. The molecule has 0 unspecified atom stereocenters. The summed E-state index contributed by atoms with van der Waals surface area (Å²) in [5.41, 5.74) is 2.11. The van der Waals surface area contributed by atoms with Crippen LogP contribution in [0, 0.1) is 13.8 Å². The largest absolute Gasteiger partial charge is 0.483 e. The van der Waals surface area contributed by atoms with Crippen LogP contribution >= 0.6 is 15.9 Å². The van der Waals surface area contributed by atoms with Gasteiger partial charge in [0.15, 0.2) is 6.61 Å². The second-order valence-corrected chi connectivity index (χ2v) is 6.01. The highest BCUT2D eigenvalue weighted by Crippen LogP contribution is 2.27. The molecule has 1 aliphatic rings. The number of ether oxygens (including phenoxy) is 1. The molecular formula is C15H20BrNO2. The molecule has 0 aromatic heterocycles. The maximum atomic E-state index is 12.1. The fourth-order valence-electron chi connectivity index (χ4n) is 2.49. The van der Waals surface area contributed by atoms with E-state index >= 15 is 0 Å². The Balaban J connectivity index is 1.96. The third kappa shape index (κ3) is 3.72. The molecule has 0 radical (unpaired) electrons. The Bertz CT molecular complexity index is 444. The van der Waals surface area contributed by atoms with Crippen LogP contribution in [0.5, 0.6) is 5.75 Å². The predicted molar refractivity (Wildman–Crippen MR) is 79.5 cm³/mol. The smallest absolute Gasteiger partial charge is 0.260 e. The number of halogens is 1. The Hall–Kier alpha value is -1.03. The number of aryl methyl sites for hydroxylation is 2. The van der Waals surface area contributed by atoms with Crippen LogP contribution in [0.2, 0.25) is 0 Å². The topological polar surface area (TPSA) is 29.5 Å². The third-order valence-electron chi connectivity index (χ3n) is 3.47. The Labute approximate surface area is 123 Å². The van der Waals surface area contributed by atoms with Crippen LogP contribution in [-0.4, -0.2) is 30.5 Å².